The van der Waals surface area contributed by atoms with Gasteiger partial charge in [-0.1, -0.05) is 17.3 Å². The van der Waals surface area contributed by atoms with Gasteiger partial charge < -0.3 is 14.4 Å². The summed E-state index contributed by atoms with van der Waals surface area (Å²) in [6, 6.07) is 12.7. The number of anilines is 1. The fourth-order valence-corrected chi connectivity index (χ4v) is 4.49. The van der Waals surface area contributed by atoms with Crippen LogP contribution in [0.25, 0.3) is 11.3 Å². The Balaban J connectivity index is 1.19. The minimum absolute atomic E-state index is 0.246. The summed E-state index contributed by atoms with van der Waals surface area (Å²) in [6.07, 6.45) is 3.55. The number of hydrogen-bond acceptors (Lipinski definition) is 7. The van der Waals surface area contributed by atoms with Crippen molar-refractivity contribution < 1.29 is 9.47 Å². The molecule has 0 N–H and O–H groups in total. The molecule has 0 amide bonds. The van der Waals surface area contributed by atoms with Gasteiger partial charge in [-0.15, -0.1) is 5.10 Å². The summed E-state index contributed by atoms with van der Waals surface area (Å²) in [5.74, 6) is 0. The molecule has 0 radical (unpaired) electrons. The second kappa shape index (κ2) is 9.21. The van der Waals surface area contributed by atoms with Crippen LogP contribution in [0.4, 0.5) is 5.69 Å². The van der Waals surface area contributed by atoms with Crippen LogP contribution in [0.15, 0.2) is 48.8 Å². The van der Waals surface area contributed by atoms with E-state index in [4.69, 9.17) is 9.47 Å². The molecular weight excluding hydrogens is 416 g/mol. The van der Waals surface area contributed by atoms with Gasteiger partial charge in [-0.2, -0.15) is 0 Å². The second-order valence-corrected chi connectivity index (χ2v) is 9.53. The predicted octanol–water partition coefficient (Wildman–Crippen LogP) is 3.12. The Hall–Kier alpha value is -2.81. The van der Waals surface area contributed by atoms with E-state index in [9.17, 15) is 0 Å². The maximum atomic E-state index is 5.89. The molecule has 0 spiro atoms. The number of pyridine rings is 1. The average molecular weight is 449 g/mol. The number of piperazine rings is 1. The van der Waals surface area contributed by atoms with Crippen molar-refractivity contribution in [2.75, 3.05) is 37.7 Å². The molecule has 2 aliphatic rings. The topological polar surface area (TPSA) is 68.5 Å². The third kappa shape index (κ3) is 5.24. The van der Waals surface area contributed by atoms with Gasteiger partial charge >= 0.3 is 0 Å². The zero-order valence-corrected chi connectivity index (χ0v) is 19.6. The first-order valence-electron chi connectivity index (χ1n) is 11.6. The minimum Gasteiger partial charge on any atom is -0.369 e. The van der Waals surface area contributed by atoms with E-state index >= 15 is 0 Å². The average Bonchev–Trinajstić information content (AvgIpc) is 3.40. The fourth-order valence-electron chi connectivity index (χ4n) is 4.49. The van der Waals surface area contributed by atoms with Crippen molar-refractivity contribution in [3.8, 4) is 11.3 Å². The molecule has 33 heavy (non-hydrogen) atoms. The van der Waals surface area contributed by atoms with Crippen molar-refractivity contribution in [2.24, 2.45) is 0 Å². The molecule has 4 heterocycles. The van der Waals surface area contributed by atoms with Gasteiger partial charge in [0.05, 0.1) is 30.6 Å². The molecule has 1 aromatic carbocycles. The molecule has 8 heteroatoms. The number of aromatic nitrogens is 4. The quantitative estimate of drug-likeness (QED) is 0.574. The van der Waals surface area contributed by atoms with E-state index in [1.54, 1.807) is 4.68 Å². The van der Waals surface area contributed by atoms with Gasteiger partial charge in [0.2, 0.25) is 0 Å². The molecule has 1 unspecified atom stereocenters. The highest BCUT2D eigenvalue weighted by Gasteiger charge is 2.33. The Morgan fingerprint density at radius 3 is 2.64 bits per heavy atom. The van der Waals surface area contributed by atoms with Gasteiger partial charge in [0.25, 0.3) is 0 Å². The Morgan fingerprint density at radius 1 is 1.09 bits per heavy atom. The van der Waals surface area contributed by atoms with Crippen molar-refractivity contribution in [3.05, 3.63) is 60.0 Å². The van der Waals surface area contributed by atoms with E-state index in [1.165, 1.54) is 11.3 Å². The van der Waals surface area contributed by atoms with Crippen molar-refractivity contribution in [2.45, 2.75) is 45.8 Å². The Morgan fingerprint density at radius 2 is 1.94 bits per heavy atom. The van der Waals surface area contributed by atoms with Crippen molar-refractivity contribution in [1.29, 1.82) is 0 Å². The summed E-state index contributed by atoms with van der Waals surface area (Å²) in [5.41, 5.74) is 5.32. The molecule has 0 saturated carbocycles. The second-order valence-electron chi connectivity index (χ2n) is 9.53. The molecule has 1 atom stereocenters. The van der Waals surface area contributed by atoms with E-state index in [-0.39, 0.29) is 11.9 Å². The van der Waals surface area contributed by atoms with Crippen LogP contribution in [-0.4, -0.2) is 69.6 Å². The lowest BCUT2D eigenvalue weighted by Gasteiger charge is -2.36. The zero-order chi connectivity index (χ0) is 22.8. The van der Waals surface area contributed by atoms with Crippen LogP contribution in [0.1, 0.15) is 25.1 Å². The lowest BCUT2D eigenvalue weighted by molar-refractivity contribution is -0.0887. The van der Waals surface area contributed by atoms with Crippen LogP contribution in [0.5, 0.6) is 0 Å². The maximum absolute atomic E-state index is 5.89. The summed E-state index contributed by atoms with van der Waals surface area (Å²) >= 11 is 0. The molecule has 2 aliphatic heterocycles. The van der Waals surface area contributed by atoms with Crippen LogP contribution < -0.4 is 4.90 Å². The Kier molecular flexibility index (Phi) is 6.14. The standard InChI is InChI=1S/C25H32N6O2/c1-19-14-21(30-12-10-29(11-13-30)15-20-6-4-5-9-26-20)7-8-22(19)23-16-31(28-27-23)17-24-32-18-25(2,3)33-24/h4-9,14,16,24H,10-13,15,17-18H2,1-3H3. The Bertz CT molecular complexity index is 1080. The van der Waals surface area contributed by atoms with Gasteiger partial charge in [0.15, 0.2) is 6.29 Å². The van der Waals surface area contributed by atoms with Gasteiger partial charge in [-0.3, -0.25) is 9.88 Å². The lowest BCUT2D eigenvalue weighted by Crippen LogP contribution is -2.46. The molecule has 0 bridgehead atoms. The van der Waals surface area contributed by atoms with Crippen LogP contribution in [-0.2, 0) is 22.6 Å². The lowest BCUT2D eigenvalue weighted by atomic mass is 10.0. The maximum Gasteiger partial charge on any atom is 0.178 e. The molecule has 5 rings (SSSR count). The summed E-state index contributed by atoms with van der Waals surface area (Å²) < 4.78 is 13.4. The van der Waals surface area contributed by atoms with Gasteiger partial charge in [-0.25, -0.2) is 4.68 Å². The number of rotatable bonds is 6. The van der Waals surface area contributed by atoms with Crippen LogP contribution in [0.3, 0.4) is 0 Å². The first-order chi connectivity index (χ1) is 15.9. The third-order valence-electron chi connectivity index (χ3n) is 6.28. The van der Waals surface area contributed by atoms with Crippen LogP contribution >= 0.6 is 0 Å². The number of ether oxygens (including phenoxy) is 2. The summed E-state index contributed by atoms with van der Waals surface area (Å²) in [6.45, 7) is 12.3. The molecule has 2 fully saturated rings. The number of nitrogens with zero attached hydrogens (tertiary/aromatic N) is 6. The highest BCUT2D eigenvalue weighted by atomic mass is 16.7. The molecule has 2 aromatic heterocycles. The number of aryl methyl sites for hydroxylation is 1. The molecular formula is C25H32N6O2. The first-order valence-corrected chi connectivity index (χ1v) is 11.6. The third-order valence-corrected chi connectivity index (χ3v) is 6.28. The van der Waals surface area contributed by atoms with Crippen LogP contribution in [0, 0.1) is 6.92 Å². The van der Waals surface area contributed by atoms with Crippen LogP contribution in [0.2, 0.25) is 0 Å². The van der Waals surface area contributed by atoms with Gasteiger partial charge in [-0.05, 0) is 50.6 Å². The molecule has 174 valence electrons. The highest BCUT2D eigenvalue weighted by molar-refractivity contribution is 5.67. The van der Waals surface area contributed by atoms with E-state index in [2.05, 4.69) is 62.4 Å². The normalized spacial score (nSPS) is 20.9. The van der Waals surface area contributed by atoms with E-state index in [1.807, 2.05) is 32.3 Å². The van der Waals surface area contributed by atoms with E-state index in [0.29, 0.717) is 13.2 Å². The first kappa shape index (κ1) is 22.0. The van der Waals surface area contributed by atoms with Crippen molar-refractivity contribution in [3.63, 3.8) is 0 Å². The monoisotopic (exact) mass is 448 g/mol. The summed E-state index contributed by atoms with van der Waals surface area (Å²) in [7, 11) is 0. The zero-order valence-electron chi connectivity index (χ0n) is 19.6. The van der Waals surface area contributed by atoms with Crippen molar-refractivity contribution in [1.82, 2.24) is 24.9 Å². The minimum atomic E-state index is -0.283. The van der Waals surface area contributed by atoms with E-state index < -0.39 is 0 Å². The van der Waals surface area contributed by atoms with Gasteiger partial charge in [0.1, 0.15) is 5.69 Å². The smallest absolute Gasteiger partial charge is 0.178 e. The summed E-state index contributed by atoms with van der Waals surface area (Å²) in [4.78, 5) is 9.38. The predicted molar refractivity (Wildman–Crippen MR) is 127 cm³/mol. The molecule has 3 aromatic rings. The largest absolute Gasteiger partial charge is 0.369 e. The summed E-state index contributed by atoms with van der Waals surface area (Å²) in [5, 5.41) is 8.68. The van der Waals surface area contributed by atoms with E-state index in [0.717, 1.165) is 49.7 Å². The molecule has 2 saturated heterocycles. The molecule has 8 nitrogen and oxygen atoms in total. The Labute approximate surface area is 195 Å². The highest BCUT2D eigenvalue weighted by Crippen LogP contribution is 2.28. The SMILES string of the molecule is Cc1cc(N2CCN(Cc3ccccn3)CC2)ccc1-c1cn(CC2OCC(C)(C)O2)nn1. The number of benzene rings is 1. The van der Waals surface area contributed by atoms with Gasteiger partial charge in [0, 0.05) is 50.2 Å². The number of hydrogen-bond donors (Lipinski definition) is 0. The molecule has 0 aliphatic carbocycles. The van der Waals surface area contributed by atoms with Crippen molar-refractivity contribution >= 4 is 5.69 Å². The fraction of sp³-hybridized carbons (Fsp3) is 0.480.